The summed E-state index contributed by atoms with van der Waals surface area (Å²) in [5, 5.41) is 2.97. The number of carbonyl (C=O) groups excluding carboxylic acids is 2. The maximum atomic E-state index is 13.5. The largest absolute Gasteiger partial charge is 0.497 e. The van der Waals surface area contributed by atoms with E-state index in [4.69, 9.17) is 27.9 Å². The lowest BCUT2D eigenvalue weighted by Gasteiger charge is -2.32. The number of benzene rings is 2. The molecule has 2 amide bonds. The predicted octanol–water partition coefficient (Wildman–Crippen LogP) is 3.32. The highest BCUT2D eigenvalue weighted by Crippen LogP contribution is 2.30. The van der Waals surface area contributed by atoms with E-state index in [-0.39, 0.29) is 23.2 Å². The van der Waals surface area contributed by atoms with E-state index in [1.807, 2.05) is 0 Å². The van der Waals surface area contributed by atoms with Crippen molar-refractivity contribution in [1.29, 1.82) is 0 Å². The van der Waals surface area contributed by atoms with Crippen molar-refractivity contribution in [2.45, 2.75) is 25.9 Å². The average molecular weight is 516 g/mol. The van der Waals surface area contributed by atoms with Gasteiger partial charge in [0.1, 0.15) is 18.3 Å². The highest BCUT2D eigenvalue weighted by molar-refractivity contribution is 7.92. The summed E-state index contributed by atoms with van der Waals surface area (Å²) in [7, 11) is -0.875. The number of sulfonamides is 1. The Hall–Kier alpha value is -2.49. The van der Waals surface area contributed by atoms with Crippen molar-refractivity contribution in [2.75, 3.05) is 31.3 Å². The number of anilines is 1. The van der Waals surface area contributed by atoms with Gasteiger partial charge in [-0.15, -0.1) is 0 Å². The van der Waals surface area contributed by atoms with Crippen LogP contribution in [0.5, 0.6) is 5.75 Å². The smallest absolute Gasteiger partial charge is 0.244 e. The maximum absolute atomic E-state index is 13.5. The van der Waals surface area contributed by atoms with Gasteiger partial charge in [0.2, 0.25) is 21.8 Å². The number of ether oxygens (including phenoxy) is 1. The Balaban J connectivity index is 2.47. The van der Waals surface area contributed by atoms with Crippen molar-refractivity contribution in [3.05, 3.63) is 58.1 Å². The Labute approximate surface area is 204 Å². The molecule has 0 unspecified atom stereocenters. The molecule has 8 nitrogen and oxygen atoms in total. The van der Waals surface area contributed by atoms with E-state index < -0.39 is 28.5 Å². The molecule has 180 valence electrons. The van der Waals surface area contributed by atoms with E-state index in [0.717, 1.165) is 16.1 Å². The molecule has 0 heterocycles. The lowest BCUT2D eigenvalue weighted by molar-refractivity contribution is -0.140. The van der Waals surface area contributed by atoms with E-state index >= 15 is 0 Å². The normalized spacial score (nSPS) is 12.1. The van der Waals surface area contributed by atoms with Gasteiger partial charge in [0, 0.05) is 18.6 Å². The van der Waals surface area contributed by atoms with Crippen LogP contribution in [0.2, 0.25) is 10.0 Å². The fraction of sp³-hybridized carbons (Fsp3) is 0.364. The lowest BCUT2D eigenvalue weighted by atomic mass is 10.1. The molecule has 0 aliphatic rings. The number of nitrogens with one attached hydrogen (secondary N) is 1. The summed E-state index contributed by atoms with van der Waals surface area (Å²) in [6, 6.07) is 10.6. The number of nitrogens with zero attached hydrogens (tertiary/aromatic N) is 2. The second-order valence-corrected chi connectivity index (χ2v) is 10.0. The minimum Gasteiger partial charge on any atom is -0.497 e. The van der Waals surface area contributed by atoms with Crippen LogP contribution in [-0.4, -0.2) is 58.1 Å². The quantitative estimate of drug-likeness (QED) is 0.523. The highest BCUT2D eigenvalue weighted by atomic mass is 35.5. The molecule has 0 saturated carbocycles. The second-order valence-electron chi connectivity index (χ2n) is 7.28. The van der Waals surface area contributed by atoms with Gasteiger partial charge in [0.05, 0.1) is 24.1 Å². The van der Waals surface area contributed by atoms with Crippen LogP contribution in [0.15, 0.2) is 42.5 Å². The van der Waals surface area contributed by atoms with Crippen LogP contribution in [-0.2, 0) is 26.2 Å². The zero-order chi connectivity index (χ0) is 24.8. The topological polar surface area (TPSA) is 96.0 Å². The molecule has 0 spiro atoms. The number of halogens is 2. The monoisotopic (exact) mass is 515 g/mol. The Morgan fingerprint density at radius 1 is 1.15 bits per heavy atom. The molecular formula is C22H27Cl2N3O5S. The first-order chi connectivity index (χ1) is 15.5. The van der Waals surface area contributed by atoms with Crippen LogP contribution in [0.25, 0.3) is 0 Å². The van der Waals surface area contributed by atoms with E-state index in [1.54, 1.807) is 31.2 Å². The minimum atomic E-state index is -3.89. The van der Waals surface area contributed by atoms with Gasteiger partial charge in [-0.1, -0.05) is 42.3 Å². The van der Waals surface area contributed by atoms with Gasteiger partial charge in [0.15, 0.2) is 0 Å². The third-order valence-electron chi connectivity index (χ3n) is 4.98. The van der Waals surface area contributed by atoms with Crippen molar-refractivity contribution in [3.8, 4) is 5.75 Å². The van der Waals surface area contributed by atoms with Crippen molar-refractivity contribution in [2.24, 2.45) is 0 Å². The molecule has 33 heavy (non-hydrogen) atoms. The number of carbonyl (C=O) groups is 2. The summed E-state index contributed by atoms with van der Waals surface area (Å²) in [6.07, 6.45) is 1.31. The van der Waals surface area contributed by atoms with Crippen LogP contribution in [0.4, 0.5) is 5.69 Å². The van der Waals surface area contributed by atoms with Crippen LogP contribution in [0.1, 0.15) is 18.9 Å². The first kappa shape index (κ1) is 26.8. The van der Waals surface area contributed by atoms with E-state index in [2.05, 4.69) is 5.32 Å². The summed E-state index contributed by atoms with van der Waals surface area (Å²) in [5.41, 5.74) is 0.840. The molecule has 2 aromatic carbocycles. The van der Waals surface area contributed by atoms with Crippen LogP contribution >= 0.6 is 23.2 Å². The van der Waals surface area contributed by atoms with Gasteiger partial charge < -0.3 is 15.0 Å². The van der Waals surface area contributed by atoms with Crippen molar-refractivity contribution >= 4 is 50.7 Å². The molecule has 0 aliphatic carbocycles. The van der Waals surface area contributed by atoms with Crippen LogP contribution in [0, 0.1) is 0 Å². The average Bonchev–Trinajstić information content (AvgIpc) is 2.76. The molecule has 2 rings (SSSR count). The summed E-state index contributed by atoms with van der Waals surface area (Å²) in [4.78, 5) is 27.4. The first-order valence-electron chi connectivity index (χ1n) is 10.1. The van der Waals surface area contributed by atoms with Crippen LogP contribution < -0.4 is 14.4 Å². The zero-order valence-electron chi connectivity index (χ0n) is 18.8. The summed E-state index contributed by atoms with van der Waals surface area (Å²) in [5.74, 6) is -0.326. The van der Waals surface area contributed by atoms with Gasteiger partial charge in [0.25, 0.3) is 0 Å². The molecule has 2 aromatic rings. The third-order valence-corrected chi connectivity index (χ3v) is 6.64. The molecule has 0 aliphatic heterocycles. The fourth-order valence-corrected chi connectivity index (χ4v) is 4.75. The number of rotatable bonds is 10. The first-order valence-corrected chi connectivity index (χ1v) is 12.7. The summed E-state index contributed by atoms with van der Waals surface area (Å²) in [6.45, 7) is 1.31. The highest BCUT2D eigenvalue weighted by Gasteiger charge is 2.32. The van der Waals surface area contributed by atoms with Gasteiger partial charge in [-0.3, -0.25) is 13.9 Å². The second kappa shape index (κ2) is 11.6. The van der Waals surface area contributed by atoms with Crippen LogP contribution in [0.3, 0.4) is 0 Å². The molecule has 0 fully saturated rings. The zero-order valence-corrected chi connectivity index (χ0v) is 21.2. The maximum Gasteiger partial charge on any atom is 0.244 e. The van der Waals surface area contributed by atoms with Gasteiger partial charge in [-0.2, -0.15) is 0 Å². The Morgan fingerprint density at radius 3 is 2.39 bits per heavy atom. The Bertz CT molecular complexity index is 1110. The van der Waals surface area contributed by atoms with Gasteiger partial charge in [-0.25, -0.2) is 8.42 Å². The van der Waals surface area contributed by atoms with E-state index in [9.17, 15) is 18.0 Å². The molecule has 11 heteroatoms. The van der Waals surface area contributed by atoms with E-state index in [0.29, 0.717) is 17.2 Å². The molecule has 0 saturated heterocycles. The number of likely N-dealkylation sites (N-methyl/N-ethyl adjacent to an activating group) is 1. The Kier molecular flexibility index (Phi) is 9.39. The number of hydrogen-bond acceptors (Lipinski definition) is 5. The van der Waals surface area contributed by atoms with Crippen molar-refractivity contribution < 1.29 is 22.7 Å². The molecular weight excluding hydrogens is 489 g/mol. The van der Waals surface area contributed by atoms with Gasteiger partial charge >= 0.3 is 0 Å². The molecule has 0 bridgehead atoms. The molecule has 1 N–H and O–H groups in total. The molecule has 0 aromatic heterocycles. The third kappa shape index (κ3) is 6.99. The molecule has 1 atom stereocenters. The number of methoxy groups -OCH3 is 1. The number of amides is 2. The SMILES string of the molecule is CC[C@H](C(=O)NC)N(Cc1cccc(OC)c1)C(=O)CN(c1ccc(Cl)cc1Cl)S(C)(=O)=O. The van der Waals surface area contributed by atoms with E-state index in [1.165, 1.54) is 37.3 Å². The number of hydrogen-bond donors (Lipinski definition) is 1. The minimum absolute atomic E-state index is 0.0773. The lowest BCUT2D eigenvalue weighted by Crippen LogP contribution is -2.51. The van der Waals surface area contributed by atoms with Gasteiger partial charge in [-0.05, 0) is 42.3 Å². The molecule has 0 radical (unpaired) electrons. The predicted molar refractivity (Wildman–Crippen MR) is 130 cm³/mol. The standard InChI is InChI=1S/C22H27Cl2N3O5S/c1-5-19(22(29)25-2)26(13-15-7-6-8-17(11-15)32-3)21(28)14-27(33(4,30)31)20-10-9-16(23)12-18(20)24/h6-12,19H,5,13-14H2,1-4H3,(H,25,29)/t19-/m1/s1. The van der Waals surface area contributed by atoms with Crippen molar-refractivity contribution in [1.82, 2.24) is 10.2 Å². The summed E-state index contributed by atoms with van der Waals surface area (Å²) < 4.78 is 31.3. The Morgan fingerprint density at radius 2 is 1.85 bits per heavy atom. The van der Waals surface area contributed by atoms with Crippen molar-refractivity contribution in [3.63, 3.8) is 0 Å². The summed E-state index contributed by atoms with van der Waals surface area (Å²) >= 11 is 12.2. The fourth-order valence-electron chi connectivity index (χ4n) is 3.33.